The van der Waals surface area contributed by atoms with Crippen molar-refractivity contribution in [2.45, 2.75) is 37.9 Å². The molecule has 0 aliphatic heterocycles. The van der Waals surface area contributed by atoms with Crippen LogP contribution in [0.3, 0.4) is 0 Å². The minimum atomic E-state index is -0.842. The highest BCUT2D eigenvalue weighted by molar-refractivity contribution is 6.35. The third kappa shape index (κ3) is 5.58. The second-order valence-electron chi connectivity index (χ2n) is 7.67. The molecular formula is C23H25Cl2N3O3. The number of carbonyl (C=O) groups is 2. The number of primary amides is 1. The molecule has 1 unspecified atom stereocenters. The van der Waals surface area contributed by atoms with E-state index in [4.69, 9.17) is 28.9 Å². The largest absolute Gasteiger partial charge is 0.508 e. The normalized spacial score (nSPS) is 15.2. The number of phenolic OH excluding ortho intramolecular Hbond substituents is 1. The van der Waals surface area contributed by atoms with Crippen molar-refractivity contribution in [3.63, 3.8) is 0 Å². The minimum Gasteiger partial charge on any atom is -0.508 e. The standard InChI is InChI=1S/C23H25Cl2N3O3/c1-2-5-19(22(26)30)28-23(31)21(15-8-13-6-3-4-7-14(13)9-15)27-12-17-18(25)10-16(24)11-20(17)29/h2-4,6-7,10-11,15,19,21,27,29H,1,5,8-9,12H2,(H2,26,30)(H,28,31)/t19-,21?/m1/s1. The van der Waals surface area contributed by atoms with E-state index in [-0.39, 0.29) is 30.5 Å². The number of carbonyl (C=O) groups excluding carboxylic acids is 2. The Labute approximate surface area is 191 Å². The number of aromatic hydroxyl groups is 1. The van der Waals surface area contributed by atoms with Crippen molar-refractivity contribution in [2.24, 2.45) is 11.7 Å². The molecule has 31 heavy (non-hydrogen) atoms. The molecule has 0 fully saturated rings. The highest BCUT2D eigenvalue weighted by atomic mass is 35.5. The van der Waals surface area contributed by atoms with Crippen molar-refractivity contribution in [3.8, 4) is 5.75 Å². The second kappa shape index (κ2) is 10.2. The lowest BCUT2D eigenvalue weighted by Crippen LogP contribution is -2.54. The fraction of sp³-hybridized carbons (Fsp3) is 0.304. The summed E-state index contributed by atoms with van der Waals surface area (Å²) < 4.78 is 0. The first-order valence-corrected chi connectivity index (χ1v) is 10.7. The van der Waals surface area contributed by atoms with E-state index >= 15 is 0 Å². The van der Waals surface area contributed by atoms with Crippen molar-refractivity contribution in [1.29, 1.82) is 0 Å². The number of halogens is 2. The third-order valence-electron chi connectivity index (χ3n) is 5.53. The lowest BCUT2D eigenvalue weighted by atomic mass is 9.94. The van der Waals surface area contributed by atoms with Crippen LogP contribution in [0, 0.1) is 5.92 Å². The van der Waals surface area contributed by atoms with Gasteiger partial charge in [-0.05, 0) is 48.4 Å². The quantitative estimate of drug-likeness (QED) is 0.430. The molecule has 0 saturated heterocycles. The van der Waals surface area contributed by atoms with Crippen LogP contribution < -0.4 is 16.4 Å². The van der Waals surface area contributed by atoms with E-state index in [1.165, 1.54) is 29.3 Å². The number of nitrogens with two attached hydrogens (primary N) is 1. The maximum absolute atomic E-state index is 13.2. The summed E-state index contributed by atoms with van der Waals surface area (Å²) in [5.41, 5.74) is 8.25. The monoisotopic (exact) mass is 461 g/mol. The number of hydrogen-bond acceptors (Lipinski definition) is 4. The summed E-state index contributed by atoms with van der Waals surface area (Å²) >= 11 is 12.2. The van der Waals surface area contributed by atoms with Crippen LogP contribution in [-0.4, -0.2) is 29.0 Å². The van der Waals surface area contributed by atoms with E-state index < -0.39 is 18.0 Å². The minimum absolute atomic E-state index is 0.0390. The van der Waals surface area contributed by atoms with Gasteiger partial charge in [-0.2, -0.15) is 0 Å². The fourth-order valence-corrected chi connectivity index (χ4v) is 4.50. The van der Waals surface area contributed by atoms with E-state index in [0.717, 1.165) is 0 Å². The van der Waals surface area contributed by atoms with E-state index in [1.807, 2.05) is 12.1 Å². The van der Waals surface area contributed by atoms with Gasteiger partial charge in [-0.3, -0.25) is 9.59 Å². The lowest BCUT2D eigenvalue weighted by molar-refractivity contribution is -0.129. The smallest absolute Gasteiger partial charge is 0.240 e. The molecule has 0 heterocycles. The first kappa shape index (κ1) is 23.1. The van der Waals surface area contributed by atoms with Crippen LogP contribution in [0.5, 0.6) is 5.75 Å². The van der Waals surface area contributed by atoms with Crippen LogP contribution in [0.25, 0.3) is 0 Å². The molecule has 6 nitrogen and oxygen atoms in total. The molecule has 0 radical (unpaired) electrons. The first-order valence-electron chi connectivity index (χ1n) is 9.97. The number of rotatable bonds is 9. The molecular weight excluding hydrogens is 437 g/mol. The highest BCUT2D eigenvalue weighted by Crippen LogP contribution is 2.32. The molecule has 1 aliphatic carbocycles. The second-order valence-corrected chi connectivity index (χ2v) is 8.51. The van der Waals surface area contributed by atoms with Crippen LogP contribution >= 0.6 is 23.2 Å². The number of benzene rings is 2. The van der Waals surface area contributed by atoms with Gasteiger partial charge in [-0.1, -0.05) is 53.5 Å². The Balaban J connectivity index is 1.82. The molecule has 3 rings (SSSR count). The van der Waals surface area contributed by atoms with Gasteiger partial charge >= 0.3 is 0 Å². The van der Waals surface area contributed by atoms with Gasteiger partial charge in [0, 0.05) is 17.1 Å². The summed E-state index contributed by atoms with van der Waals surface area (Å²) in [6, 6.07) is 9.51. The third-order valence-corrected chi connectivity index (χ3v) is 6.09. The Morgan fingerprint density at radius 1 is 1.23 bits per heavy atom. The van der Waals surface area contributed by atoms with Crippen molar-refractivity contribution in [1.82, 2.24) is 10.6 Å². The zero-order chi connectivity index (χ0) is 22.5. The molecule has 2 amide bonds. The number of phenols is 1. The topological polar surface area (TPSA) is 104 Å². The zero-order valence-corrected chi connectivity index (χ0v) is 18.4. The average Bonchev–Trinajstić information content (AvgIpc) is 3.13. The Morgan fingerprint density at radius 2 is 1.87 bits per heavy atom. The molecule has 1 aliphatic rings. The zero-order valence-electron chi connectivity index (χ0n) is 16.9. The van der Waals surface area contributed by atoms with Gasteiger partial charge < -0.3 is 21.5 Å². The SMILES string of the molecule is C=CC[C@@H](NC(=O)C(NCc1c(O)cc(Cl)cc1Cl)C1Cc2ccccc2C1)C(N)=O. The average molecular weight is 462 g/mol. The molecule has 2 aromatic rings. The molecule has 0 spiro atoms. The predicted molar refractivity (Wildman–Crippen MR) is 122 cm³/mol. The summed E-state index contributed by atoms with van der Waals surface area (Å²) in [4.78, 5) is 24.9. The molecule has 8 heteroatoms. The molecule has 164 valence electrons. The molecule has 2 atom stereocenters. The van der Waals surface area contributed by atoms with E-state index in [0.29, 0.717) is 28.5 Å². The first-order chi connectivity index (χ1) is 14.8. The van der Waals surface area contributed by atoms with Gasteiger partial charge in [-0.15, -0.1) is 6.58 Å². The van der Waals surface area contributed by atoms with Crippen LogP contribution in [0.15, 0.2) is 49.1 Å². The number of fused-ring (bicyclic) bond motifs is 1. The van der Waals surface area contributed by atoms with Crippen LogP contribution in [-0.2, 0) is 29.0 Å². The van der Waals surface area contributed by atoms with Crippen LogP contribution in [0.4, 0.5) is 0 Å². The number of hydrogen-bond donors (Lipinski definition) is 4. The molecule has 5 N–H and O–H groups in total. The van der Waals surface area contributed by atoms with Crippen molar-refractivity contribution < 1.29 is 14.7 Å². The van der Waals surface area contributed by atoms with Crippen molar-refractivity contribution in [3.05, 3.63) is 75.8 Å². The van der Waals surface area contributed by atoms with Crippen molar-refractivity contribution in [2.75, 3.05) is 0 Å². The van der Waals surface area contributed by atoms with Crippen molar-refractivity contribution >= 4 is 35.0 Å². The van der Waals surface area contributed by atoms with Crippen LogP contribution in [0.1, 0.15) is 23.1 Å². The Kier molecular flexibility index (Phi) is 7.59. The molecule has 2 aromatic carbocycles. The maximum Gasteiger partial charge on any atom is 0.240 e. The summed E-state index contributed by atoms with van der Waals surface area (Å²) in [6.45, 7) is 3.76. The Morgan fingerprint density at radius 3 is 2.42 bits per heavy atom. The number of amides is 2. The van der Waals surface area contributed by atoms with Gasteiger partial charge in [0.2, 0.25) is 11.8 Å². The predicted octanol–water partition coefficient (Wildman–Crippen LogP) is 3.12. The maximum atomic E-state index is 13.2. The summed E-state index contributed by atoms with van der Waals surface area (Å²) in [6.07, 6.45) is 3.20. The Bertz CT molecular complexity index is 948. The van der Waals surface area contributed by atoms with Gasteiger partial charge in [0.15, 0.2) is 0 Å². The summed E-state index contributed by atoms with van der Waals surface area (Å²) in [5.74, 6) is -1.06. The van der Waals surface area contributed by atoms with Gasteiger partial charge in [0.1, 0.15) is 11.8 Å². The van der Waals surface area contributed by atoms with Gasteiger partial charge in [0.05, 0.1) is 11.1 Å². The fourth-order valence-electron chi connectivity index (χ4n) is 3.95. The summed E-state index contributed by atoms with van der Waals surface area (Å²) in [7, 11) is 0. The molecule has 0 saturated carbocycles. The lowest BCUT2D eigenvalue weighted by Gasteiger charge is -2.26. The van der Waals surface area contributed by atoms with E-state index in [9.17, 15) is 14.7 Å². The molecule has 0 bridgehead atoms. The van der Waals surface area contributed by atoms with Gasteiger partial charge in [-0.25, -0.2) is 0 Å². The molecule has 0 aromatic heterocycles. The number of nitrogens with one attached hydrogen (secondary N) is 2. The Hall–Kier alpha value is -2.54. The van der Waals surface area contributed by atoms with E-state index in [1.54, 1.807) is 0 Å². The highest BCUT2D eigenvalue weighted by Gasteiger charge is 2.34. The van der Waals surface area contributed by atoms with Crippen LogP contribution in [0.2, 0.25) is 10.0 Å². The summed E-state index contributed by atoms with van der Waals surface area (Å²) in [5, 5.41) is 16.8. The van der Waals surface area contributed by atoms with Gasteiger partial charge in [0.25, 0.3) is 0 Å². The van der Waals surface area contributed by atoms with E-state index in [2.05, 4.69) is 29.3 Å².